The second-order valence-corrected chi connectivity index (χ2v) is 9.04. The van der Waals surface area contributed by atoms with Crippen LogP contribution in [0.2, 0.25) is 0 Å². The van der Waals surface area contributed by atoms with E-state index >= 15 is 0 Å². The maximum atomic E-state index is 14.9. The Bertz CT molecular complexity index is 1450. The van der Waals surface area contributed by atoms with E-state index in [1.165, 1.54) is 6.20 Å². The van der Waals surface area contributed by atoms with Crippen molar-refractivity contribution in [3.63, 3.8) is 0 Å². The average Bonchev–Trinajstić information content (AvgIpc) is 3.47. The molecule has 3 aromatic heterocycles. The molecule has 5 rings (SSSR count). The third kappa shape index (κ3) is 4.23. The molecule has 188 valence electrons. The number of fused-ring (bicyclic) bond motifs is 1. The zero-order valence-corrected chi connectivity index (χ0v) is 19.3. The number of nitrogens with zero attached hydrogens (tertiary/aromatic N) is 4. The summed E-state index contributed by atoms with van der Waals surface area (Å²) in [6.45, 7) is -0.0857. The lowest BCUT2D eigenvalue weighted by atomic mass is 9.92. The van der Waals surface area contributed by atoms with Gasteiger partial charge in [-0.3, -0.25) is 14.5 Å². The molecule has 0 saturated heterocycles. The first-order chi connectivity index (χ1) is 17.2. The number of aryl methyl sites for hydroxylation is 1. The molecule has 1 amide bonds. The maximum Gasteiger partial charge on any atom is 0.253 e. The molecule has 0 aliphatic heterocycles. The minimum absolute atomic E-state index is 0.0857. The predicted octanol–water partition coefficient (Wildman–Crippen LogP) is 4.07. The van der Waals surface area contributed by atoms with Crippen molar-refractivity contribution < 1.29 is 27.5 Å². The molecule has 2 N–H and O–H groups in total. The highest BCUT2D eigenvalue weighted by Gasteiger charge is 2.31. The summed E-state index contributed by atoms with van der Waals surface area (Å²) >= 11 is 0. The van der Waals surface area contributed by atoms with Gasteiger partial charge in [0.2, 0.25) is 0 Å². The first kappa shape index (κ1) is 24.0. The van der Waals surface area contributed by atoms with Crippen LogP contribution in [0, 0.1) is 23.3 Å². The lowest BCUT2D eigenvalue weighted by Gasteiger charge is -2.28. The molecule has 0 radical (unpaired) electrons. The molecule has 2 atom stereocenters. The van der Waals surface area contributed by atoms with Gasteiger partial charge in [-0.2, -0.15) is 5.10 Å². The molecule has 7 nitrogen and oxygen atoms in total. The summed E-state index contributed by atoms with van der Waals surface area (Å²) in [5, 5.41) is 16.3. The van der Waals surface area contributed by atoms with Gasteiger partial charge in [0.15, 0.2) is 23.3 Å². The Balaban J connectivity index is 1.53. The Labute approximate surface area is 203 Å². The summed E-state index contributed by atoms with van der Waals surface area (Å²) in [5.41, 5.74) is 1.06. The number of hydrogen-bond donors (Lipinski definition) is 2. The van der Waals surface area contributed by atoms with E-state index in [1.807, 2.05) is 0 Å². The first-order valence-corrected chi connectivity index (χ1v) is 11.5. The predicted molar refractivity (Wildman–Crippen MR) is 123 cm³/mol. The fourth-order valence-corrected chi connectivity index (χ4v) is 4.68. The number of aliphatic hydroxyl groups is 1. The van der Waals surface area contributed by atoms with Crippen LogP contribution in [-0.4, -0.2) is 42.5 Å². The number of pyridine rings is 1. The van der Waals surface area contributed by atoms with Crippen molar-refractivity contribution in [2.24, 2.45) is 7.05 Å². The standard InChI is InChI=1S/C25H23F4N5O2/c1-33-11-14(9-31-33)16-7-6-13(8-30-16)10-34-12-15(25(36)32-17-4-2-3-5-18(17)35)19-20(26)21(27)22(28)23(29)24(19)34/h6-9,11-12,17-18,35H,2-5,10H2,1H3,(H,32,36). The molecule has 3 heterocycles. The molecule has 4 aromatic rings. The van der Waals surface area contributed by atoms with Crippen LogP contribution < -0.4 is 5.32 Å². The molecule has 1 saturated carbocycles. The maximum absolute atomic E-state index is 14.9. The Kier molecular flexibility index (Phi) is 6.25. The van der Waals surface area contributed by atoms with Crippen molar-refractivity contribution in [2.75, 3.05) is 0 Å². The Morgan fingerprint density at radius 2 is 1.81 bits per heavy atom. The van der Waals surface area contributed by atoms with Gasteiger partial charge in [-0.25, -0.2) is 17.6 Å². The van der Waals surface area contributed by atoms with Gasteiger partial charge in [0.05, 0.1) is 40.5 Å². The van der Waals surface area contributed by atoms with E-state index in [2.05, 4.69) is 15.4 Å². The van der Waals surface area contributed by atoms with Gasteiger partial charge in [-0.05, 0) is 24.5 Å². The van der Waals surface area contributed by atoms with Crippen LogP contribution in [0.25, 0.3) is 22.2 Å². The molecule has 2 unspecified atom stereocenters. The van der Waals surface area contributed by atoms with Gasteiger partial charge >= 0.3 is 0 Å². The SMILES string of the molecule is Cn1cc(-c2ccc(Cn3cc(C(=O)NC4CCCCC4O)c4c(F)c(F)c(F)c(F)c43)cn2)cn1. The van der Waals surface area contributed by atoms with Crippen LogP contribution >= 0.6 is 0 Å². The highest BCUT2D eigenvalue weighted by atomic mass is 19.2. The third-order valence-corrected chi connectivity index (χ3v) is 6.55. The van der Waals surface area contributed by atoms with Crippen molar-refractivity contribution in [1.82, 2.24) is 24.6 Å². The van der Waals surface area contributed by atoms with Gasteiger partial charge in [0.1, 0.15) is 0 Å². The Morgan fingerprint density at radius 1 is 1.06 bits per heavy atom. The molecule has 1 aromatic carbocycles. The number of carbonyl (C=O) groups excluding carboxylic acids is 1. The summed E-state index contributed by atoms with van der Waals surface area (Å²) in [7, 11) is 1.77. The molecule has 0 spiro atoms. The number of amides is 1. The molecule has 1 aliphatic carbocycles. The van der Waals surface area contributed by atoms with E-state index in [0.29, 0.717) is 24.1 Å². The van der Waals surface area contributed by atoms with Gasteiger partial charge < -0.3 is 15.0 Å². The second-order valence-electron chi connectivity index (χ2n) is 9.04. The van der Waals surface area contributed by atoms with E-state index in [-0.39, 0.29) is 12.1 Å². The van der Waals surface area contributed by atoms with E-state index in [4.69, 9.17) is 0 Å². The number of nitrogens with one attached hydrogen (secondary N) is 1. The van der Waals surface area contributed by atoms with Crippen LogP contribution in [0.3, 0.4) is 0 Å². The molecule has 1 aliphatic rings. The topological polar surface area (TPSA) is 85.0 Å². The summed E-state index contributed by atoms with van der Waals surface area (Å²) in [5.74, 6) is -8.01. The smallest absolute Gasteiger partial charge is 0.253 e. The van der Waals surface area contributed by atoms with Crippen LogP contribution in [0.1, 0.15) is 41.6 Å². The molecule has 11 heteroatoms. The highest BCUT2D eigenvalue weighted by molar-refractivity contribution is 6.07. The zero-order chi connectivity index (χ0) is 25.6. The Hall–Kier alpha value is -3.73. The van der Waals surface area contributed by atoms with Crippen molar-refractivity contribution in [3.8, 4) is 11.3 Å². The largest absolute Gasteiger partial charge is 0.391 e. The average molecular weight is 501 g/mol. The van der Waals surface area contributed by atoms with Crippen molar-refractivity contribution in [3.05, 3.63) is 71.3 Å². The van der Waals surface area contributed by atoms with Crippen LogP contribution in [0.5, 0.6) is 0 Å². The van der Waals surface area contributed by atoms with Gasteiger partial charge in [-0.15, -0.1) is 0 Å². The molecule has 0 bridgehead atoms. The lowest BCUT2D eigenvalue weighted by Crippen LogP contribution is -2.45. The van der Waals surface area contributed by atoms with E-state index < -0.39 is 52.2 Å². The number of aliphatic hydroxyl groups excluding tert-OH is 1. The van der Waals surface area contributed by atoms with Crippen molar-refractivity contribution >= 4 is 16.8 Å². The van der Waals surface area contributed by atoms with Crippen LogP contribution in [0.15, 0.2) is 36.9 Å². The fraction of sp³-hybridized carbons (Fsp3) is 0.320. The Morgan fingerprint density at radius 3 is 2.47 bits per heavy atom. The number of aromatic nitrogens is 4. The number of hydrogen-bond acceptors (Lipinski definition) is 4. The summed E-state index contributed by atoms with van der Waals surface area (Å²) < 4.78 is 60.8. The normalized spacial score (nSPS) is 18.1. The molecular weight excluding hydrogens is 478 g/mol. The number of halogens is 4. The minimum Gasteiger partial charge on any atom is -0.391 e. The summed E-state index contributed by atoms with van der Waals surface area (Å²) in [4.78, 5) is 17.4. The van der Waals surface area contributed by atoms with Gasteiger partial charge in [0, 0.05) is 37.7 Å². The number of rotatable bonds is 5. The number of carbonyl (C=O) groups is 1. The van der Waals surface area contributed by atoms with E-state index in [1.54, 1.807) is 36.3 Å². The molecular formula is C25H23F4N5O2. The highest BCUT2D eigenvalue weighted by Crippen LogP contribution is 2.32. The monoisotopic (exact) mass is 501 g/mol. The summed E-state index contributed by atoms with van der Waals surface area (Å²) in [6, 6.07) is 2.84. The van der Waals surface area contributed by atoms with Crippen molar-refractivity contribution in [1.29, 1.82) is 0 Å². The van der Waals surface area contributed by atoms with Gasteiger partial charge in [0.25, 0.3) is 5.91 Å². The van der Waals surface area contributed by atoms with Crippen LogP contribution in [-0.2, 0) is 13.6 Å². The zero-order valence-electron chi connectivity index (χ0n) is 19.3. The fourth-order valence-electron chi connectivity index (χ4n) is 4.68. The first-order valence-electron chi connectivity index (χ1n) is 11.5. The number of benzene rings is 1. The van der Waals surface area contributed by atoms with E-state index in [9.17, 15) is 27.5 Å². The lowest BCUT2D eigenvalue weighted by molar-refractivity contribution is 0.0718. The van der Waals surface area contributed by atoms with E-state index in [0.717, 1.165) is 29.2 Å². The quantitative estimate of drug-likeness (QED) is 0.245. The third-order valence-electron chi connectivity index (χ3n) is 6.55. The summed E-state index contributed by atoms with van der Waals surface area (Å²) in [6.07, 6.45) is 7.93. The van der Waals surface area contributed by atoms with Crippen molar-refractivity contribution in [2.45, 2.75) is 44.4 Å². The molecule has 36 heavy (non-hydrogen) atoms. The second kappa shape index (κ2) is 9.38. The minimum atomic E-state index is -1.99. The van der Waals surface area contributed by atoms with Gasteiger partial charge in [-0.1, -0.05) is 18.9 Å². The van der Waals surface area contributed by atoms with Crippen LogP contribution in [0.4, 0.5) is 17.6 Å². The molecule has 1 fully saturated rings.